The number of pyridine rings is 1. The number of rotatable bonds is 2. The van der Waals surface area contributed by atoms with E-state index in [0.717, 1.165) is 5.69 Å². The highest BCUT2D eigenvalue weighted by Gasteiger charge is 2.13. The molecule has 0 fully saturated rings. The Kier molecular flexibility index (Phi) is 3.42. The highest BCUT2D eigenvalue weighted by Crippen LogP contribution is 2.05. The standard InChI is InChI=1S/C11H16N2O2/c1-8-7-9(5-6-12-8)10(14)13-15-11(2,3)4/h5-7H,1-4H3,(H,13,14). The summed E-state index contributed by atoms with van der Waals surface area (Å²) in [6.07, 6.45) is 1.60. The van der Waals surface area contributed by atoms with Crippen molar-refractivity contribution >= 4 is 5.91 Å². The smallest absolute Gasteiger partial charge is 0.268 e. The quantitative estimate of drug-likeness (QED) is 0.754. The van der Waals surface area contributed by atoms with Crippen molar-refractivity contribution in [2.75, 3.05) is 0 Å². The topological polar surface area (TPSA) is 51.2 Å². The van der Waals surface area contributed by atoms with Gasteiger partial charge in [0.1, 0.15) is 0 Å². The van der Waals surface area contributed by atoms with Gasteiger partial charge in [0.15, 0.2) is 0 Å². The van der Waals surface area contributed by atoms with Crippen LogP contribution in [0.1, 0.15) is 36.8 Å². The van der Waals surface area contributed by atoms with E-state index in [9.17, 15) is 4.79 Å². The number of nitrogens with one attached hydrogen (secondary N) is 1. The third kappa shape index (κ3) is 4.08. The number of amides is 1. The summed E-state index contributed by atoms with van der Waals surface area (Å²) in [5.41, 5.74) is 3.36. The van der Waals surface area contributed by atoms with Gasteiger partial charge in [-0.05, 0) is 39.8 Å². The molecule has 1 heterocycles. The lowest BCUT2D eigenvalue weighted by Crippen LogP contribution is -2.33. The summed E-state index contributed by atoms with van der Waals surface area (Å²) < 4.78 is 0. The molecular weight excluding hydrogens is 192 g/mol. The predicted octanol–water partition coefficient (Wildman–Crippen LogP) is 1.85. The van der Waals surface area contributed by atoms with E-state index >= 15 is 0 Å². The van der Waals surface area contributed by atoms with E-state index in [0.29, 0.717) is 5.56 Å². The fourth-order valence-electron chi connectivity index (χ4n) is 0.945. The molecule has 0 aromatic carbocycles. The lowest BCUT2D eigenvalue weighted by atomic mass is 10.2. The Bertz CT molecular complexity index is 356. The van der Waals surface area contributed by atoms with E-state index in [-0.39, 0.29) is 5.91 Å². The van der Waals surface area contributed by atoms with Crippen LogP contribution >= 0.6 is 0 Å². The Morgan fingerprint density at radius 3 is 2.67 bits per heavy atom. The Morgan fingerprint density at radius 1 is 1.47 bits per heavy atom. The van der Waals surface area contributed by atoms with Crippen LogP contribution in [0.15, 0.2) is 18.3 Å². The molecule has 0 radical (unpaired) electrons. The maximum Gasteiger partial charge on any atom is 0.274 e. The fourth-order valence-corrected chi connectivity index (χ4v) is 0.945. The first-order chi connectivity index (χ1) is 6.88. The monoisotopic (exact) mass is 208 g/mol. The molecule has 0 aliphatic carbocycles. The molecule has 15 heavy (non-hydrogen) atoms. The third-order valence-corrected chi connectivity index (χ3v) is 1.61. The predicted molar refractivity (Wildman–Crippen MR) is 57.3 cm³/mol. The van der Waals surface area contributed by atoms with Crippen molar-refractivity contribution in [2.45, 2.75) is 33.3 Å². The largest absolute Gasteiger partial charge is 0.274 e. The number of carbonyl (C=O) groups excluding carboxylic acids is 1. The van der Waals surface area contributed by atoms with Crippen LogP contribution in [0.3, 0.4) is 0 Å². The normalized spacial score (nSPS) is 11.2. The Balaban J connectivity index is 2.62. The second-order valence-corrected chi connectivity index (χ2v) is 4.33. The second-order valence-electron chi connectivity index (χ2n) is 4.33. The van der Waals surface area contributed by atoms with Gasteiger partial charge >= 0.3 is 0 Å². The molecule has 0 aliphatic rings. The van der Waals surface area contributed by atoms with Crippen LogP contribution in [-0.2, 0) is 4.84 Å². The summed E-state index contributed by atoms with van der Waals surface area (Å²) >= 11 is 0. The Morgan fingerprint density at radius 2 is 2.13 bits per heavy atom. The SMILES string of the molecule is Cc1cc(C(=O)NOC(C)(C)C)ccn1. The second kappa shape index (κ2) is 4.40. The van der Waals surface area contributed by atoms with Crippen LogP contribution in [0, 0.1) is 6.92 Å². The summed E-state index contributed by atoms with van der Waals surface area (Å²) in [5.74, 6) is -0.254. The lowest BCUT2D eigenvalue weighted by molar-refractivity contribution is -0.0589. The van der Waals surface area contributed by atoms with E-state index < -0.39 is 5.60 Å². The van der Waals surface area contributed by atoms with Gasteiger partial charge in [-0.2, -0.15) is 0 Å². The minimum atomic E-state index is -0.391. The molecular formula is C11H16N2O2. The van der Waals surface area contributed by atoms with Crippen LogP contribution in [0.2, 0.25) is 0 Å². The zero-order valence-corrected chi connectivity index (χ0v) is 9.50. The van der Waals surface area contributed by atoms with Crippen LogP contribution in [0.25, 0.3) is 0 Å². The summed E-state index contributed by atoms with van der Waals surface area (Å²) in [4.78, 5) is 20.8. The number of aromatic nitrogens is 1. The van der Waals surface area contributed by atoms with Crippen molar-refractivity contribution in [2.24, 2.45) is 0 Å². The van der Waals surface area contributed by atoms with Crippen LogP contribution in [-0.4, -0.2) is 16.5 Å². The van der Waals surface area contributed by atoms with Gasteiger partial charge in [-0.1, -0.05) is 0 Å². The van der Waals surface area contributed by atoms with Gasteiger partial charge < -0.3 is 0 Å². The summed E-state index contributed by atoms with van der Waals surface area (Å²) in [6.45, 7) is 7.43. The molecule has 1 rings (SSSR count). The van der Waals surface area contributed by atoms with Gasteiger partial charge in [0.2, 0.25) is 0 Å². The van der Waals surface area contributed by atoms with Crippen molar-refractivity contribution in [1.29, 1.82) is 0 Å². The summed E-state index contributed by atoms with van der Waals surface area (Å²) in [6, 6.07) is 3.36. The molecule has 0 saturated heterocycles. The highest BCUT2D eigenvalue weighted by molar-refractivity contribution is 5.93. The highest BCUT2D eigenvalue weighted by atomic mass is 16.7. The minimum absolute atomic E-state index is 0.254. The van der Waals surface area contributed by atoms with E-state index in [1.807, 2.05) is 27.7 Å². The zero-order chi connectivity index (χ0) is 11.5. The Labute approximate surface area is 89.6 Å². The number of carbonyl (C=O) groups is 1. The number of aryl methyl sites for hydroxylation is 1. The number of hydrogen-bond donors (Lipinski definition) is 1. The lowest BCUT2D eigenvalue weighted by Gasteiger charge is -2.18. The van der Waals surface area contributed by atoms with Crippen molar-refractivity contribution in [3.8, 4) is 0 Å². The van der Waals surface area contributed by atoms with Crippen LogP contribution < -0.4 is 5.48 Å². The maximum atomic E-state index is 11.6. The maximum absolute atomic E-state index is 11.6. The molecule has 82 valence electrons. The molecule has 1 amide bonds. The van der Waals surface area contributed by atoms with Crippen molar-refractivity contribution in [1.82, 2.24) is 10.5 Å². The zero-order valence-electron chi connectivity index (χ0n) is 9.50. The molecule has 1 N–H and O–H groups in total. The number of nitrogens with zero attached hydrogens (tertiary/aromatic N) is 1. The third-order valence-electron chi connectivity index (χ3n) is 1.61. The Hall–Kier alpha value is -1.42. The van der Waals surface area contributed by atoms with E-state index in [4.69, 9.17) is 4.84 Å². The van der Waals surface area contributed by atoms with Gasteiger partial charge in [0.25, 0.3) is 5.91 Å². The summed E-state index contributed by atoms with van der Waals surface area (Å²) in [5, 5.41) is 0. The first-order valence-corrected chi connectivity index (χ1v) is 4.79. The van der Waals surface area contributed by atoms with Crippen molar-refractivity contribution in [3.63, 3.8) is 0 Å². The van der Waals surface area contributed by atoms with Crippen LogP contribution in [0.4, 0.5) is 0 Å². The number of hydrogen-bond acceptors (Lipinski definition) is 3. The molecule has 0 atom stereocenters. The molecule has 0 aliphatic heterocycles. The van der Waals surface area contributed by atoms with Gasteiger partial charge in [-0.3, -0.25) is 14.6 Å². The first kappa shape index (κ1) is 11.7. The van der Waals surface area contributed by atoms with Gasteiger partial charge in [0.05, 0.1) is 5.60 Å². The molecule has 1 aromatic rings. The first-order valence-electron chi connectivity index (χ1n) is 4.79. The van der Waals surface area contributed by atoms with Gasteiger partial charge in [0, 0.05) is 17.5 Å². The molecule has 0 bridgehead atoms. The van der Waals surface area contributed by atoms with Gasteiger partial charge in [-0.15, -0.1) is 0 Å². The average Bonchev–Trinajstić information content (AvgIpc) is 2.13. The fraction of sp³-hybridized carbons (Fsp3) is 0.455. The van der Waals surface area contributed by atoms with Crippen LogP contribution in [0.5, 0.6) is 0 Å². The van der Waals surface area contributed by atoms with Gasteiger partial charge in [-0.25, -0.2) is 5.48 Å². The molecule has 4 heteroatoms. The van der Waals surface area contributed by atoms with Crippen molar-refractivity contribution in [3.05, 3.63) is 29.6 Å². The molecule has 4 nitrogen and oxygen atoms in total. The summed E-state index contributed by atoms with van der Waals surface area (Å²) in [7, 11) is 0. The average molecular weight is 208 g/mol. The molecule has 0 spiro atoms. The molecule has 0 saturated carbocycles. The van der Waals surface area contributed by atoms with E-state index in [1.165, 1.54) is 0 Å². The minimum Gasteiger partial charge on any atom is -0.268 e. The van der Waals surface area contributed by atoms with E-state index in [1.54, 1.807) is 18.3 Å². The van der Waals surface area contributed by atoms with E-state index in [2.05, 4.69) is 10.5 Å². The number of hydroxylamine groups is 1. The van der Waals surface area contributed by atoms with Crippen molar-refractivity contribution < 1.29 is 9.63 Å². The molecule has 1 aromatic heterocycles. The molecule has 0 unspecified atom stereocenters.